The first-order valence-electron chi connectivity index (χ1n) is 7.23. The summed E-state index contributed by atoms with van der Waals surface area (Å²) in [6.45, 7) is 2.07. The van der Waals surface area contributed by atoms with Crippen LogP contribution in [-0.2, 0) is 14.3 Å². The maximum absolute atomic E-state index is 12.9. The molecular formula is C17H18Br2ClNO2S. The fourth-order valence-corrected chi connectivity index (χ4v) is 5.08. The zero-order valence-corrected chi connectivity index (χ0v) is 18.1. The molecule has 2 rings (SSSR count). The van der Waals surface area contributed by atoms with Crippen LogP contribution in [0.1, 0.15) is 11.1 Å². The number of likely N-dealkylation sites (N-methyl/N-ethyl adjacent to an activating group) is 1. The van der Waals surface area contributed by atoms with E-state index in [1.54, 1.807) is 26.1 Å². The van der Waals surface area contributed by atoms with Crippen molar-refractivity contribution in [2.45, 2.75) is 16.1 Å². The second-order valence-corrected chi connectivity index (χ2v) is 10.2. The highest BCUT2D eigenvalue weighted by molar-refractivity contribution is 9.12. The van der Waals surface area contributed by atoms with Crippen molar-refractivity contribution in [2.24, 2.45) is 0 Å². The van der Waals surface area contributed by atoms with Gasteiger partial charge in [-0.25, -0.2) is 8.42 Å². The number of hydrogen-bond acceptors (Lipinski definition) is 2. The number of hydrogen-bond donors (Lipinski definition) is 0. The van der Waals surface area contributed by atoms with Gasteiger partial charge in [0.2, 0.25) is 10.0 Å². The van der Waals surface area contributed by atoms with Crippen LogP contribution in [0.4, 0.5) is 0 Å². The number of nitrogens with zero attached hydrogens (tertiary/aromatic N) is 1. The summed E-state index contributed by atoms with van der Waals surface area (Å²) >= 11 is 13.2. The van der Waals surface area contributed by atoms with E-state index >= 15 is 0 Å². The summed E-state index contributed by atoms with van der Waals surface area (Å²) in [7, 11) is -2.02. The van der Waals surface area contributed by atoms with E-state index in [0.717, 1.165) is 11.1 Å². The topological polar surface area (TPSA) is 37.4 Å². The molecule has 0 bridgehead atoms. The third-order valence-electron chi connectivity index (χ3n) is 3.81. The molecule has 0 N–H and O–H groups in total. The maximum atomic E-state index is 12.9. The quantitative estimate of drug-likeness (QED) is 0.532. The van der Waals surface area contributed by atoms with Crippen molar-refractivity contribution in [1.82, 2.24) is 4.31 Å². The molecule has 7 heteroatoms. The average Bonchev–Trinajstić information content (AvgIpc) is 2.57. The summed E-state index contributed by atoms with van der Waals surface area (Å²) in [6, 6.07) is 14.5. The summed E-state index contributed by atoms with van der Waals surface area (Å²) in [5.74, 6) is 0. The standard InChI is InChI=1S/C17H18Br2ClNO2S/c1-13-10-15(8-9-16(13)20)24(22,23)21(2)12-17(19,11-18)14-6-4-3-5-7-14/h3-10H,11-12H2,1-2H3. The first-order valence-corrected chi connectivity index (χ1v) is 11.0. The second-order valence-electron chi connectivity index (χ2n) is 5.64. The van der Waals surface area contributed by atoms with Gasteiger partial charge in [-0.3, -0.25) is 0 Å². The average molecular weight is 496 g/mol. The summed E-state index contributed by atoms with van der Waals surface area (Å²) in [5.41, 5.74) is 1.75. The minimum Gasteiger partial charge on any atom is -0.207 e. The number of benzene rings is 2. The minimum absolute atomic E-state index is 0.240. The molecule has 24 heavy (non-hydrogen) atoms. The van der Waals surface area contributed by atoms with Crippen LogP contribution in [0.3, 0.4) is 0 Å². The molecule has 0 fully saturated rings. The Morgan fingerprint density at radius 1 is 1.17 bits per heavy atom. The van der Waals surface area contributed by atoms with Crippen LogP contribution in [0.5, 0.6) is 0 Å². The van der Waals surface area contributed by atoms with E-state index in [4.69, 9.17) is 11.6 Å². The predicted octanol–water partition coefficient (Wildman–Crippen LogP) is 4.95. The van der Waals surface area contributed by atoms with Gasteiger partial charge in [0.05, 0.1) is 9.22 Å². The third-order valence-corrected chi connectivity index (χ3v) is 8.74. The fourth-order valence-electron chi connectivity index (χ4n) is 2.34. The number of halogens is 3. The normalized spacial score (nSPS) is 14.6. The Balaban J connectivity index is 2.32. The molecule has 2 aromatic rings. The van der Waals surface area contributed by atoms with E-state index < -0.39 is 14.3 Å². The third kappa shape index (κ3) is 4.22. The maximum Gasteiger partial charge on any atom is 0.242 e. The van der Waals surface area contributed by atoms with Crippen molar-refractivity contribution < 1.29 is 8.42 Å². The molecule has 0 aliphatic heterocycles. The smallest absolute Gasteiger partial charge is 0.207 e. The van der Waals surface area contributed by atoms with Gasteiger partial charge in [-0.05, 0) is 36.2 Å². The lowest BCUT2D eigenvalue weighted by Crippen LogP contribution is -2.39. The SMILES string of the molecule is Cc1cc(S(=O)(=O)N(C)CC(Br)(CBr)c2ccccc2)ccc1Cl. The van der Waals surface area contributed by atoms with E-state index in [2.05, 4.69) is 31.9 Å². The molecule has 0 saturated carbocycles. The Kier molecular flexibility index (Phi) is 6.53. The van der Waals surface area contributed by atoms with Crippen LogP contribution in [0.2, 0.25) is 5.02 Å². The van der Waals surface area contributed by atoms with Gasteiger partial charge in [-0.2, -0.15) is 4.31 Å². The largest absolute Gasteiger partial charge is 0.242 e. The lowest BCUT2D eigenvalue weighted by molar-refractivity contribution is 0.436. The van der Waals surface area contributed by atoms with Gasteiger partial charge in [0, 0.05) is 23.9 Å². The molecule has 0 aliphatic carbocycles. The molecule has 0 radical (unpaired) electrons. The van der Waals surface area contributed by atoms with E-state index in [1.165, 1.54) is 10.4 Å². The van der Waals surface area contributed by atoms with Crippen molar-refractivity contribution in [3.63, 3.8) is 0 Å². The molecular weight excluding hydrogens is 478 g/mol. The number of rotatable bonds is 6. The van der Waals surface area contributed by atoms with E-state index in [1.807, 2.05) is 30.3 Å². The molecule has 1 unspecified atom stereocenters. The van der Waals surface area contributed by atoms with Gasteiger partial charge in [0.25, 0.3) is 0 Å². The van der Waals surface area contributed by atoms with E-state index in [-0.39, 0.29) is 11.4 Å². The zero-order chi connectivity index (χ0) is 18.0. The lowest BCUT2D eigenvalue weighted by atomic mass is 10.0. The van der Waals surface area contributed by atoms with Crippen molar-refractivity contribution in [3.8, 4) is 0 Å². The summed E-state index contributed by atoms with van der Waals surface area (Å²) in [6.07, 6.45) is 0. The Morgan fingerprint density at radius 2 is 1.79 bits per heavy atom. The van der Waals surface area contributed by atoms with Gasteiger partial charge in [0.15, 0.2) is 0 Å². The number of aryl methyl sites for hydroxylation is 1. The fraction of sp³-hybridized carbons (Fsp3) is 0.294. The highest BCUT2D eigenvalue weighted by Crippen LogP contribution is 2.35. The van der Waals surface area contributed by atoms with Crippen molar-refractivity contribution in [1.29, 1.82) is 0 Å². The van der Waals surface area contributed by atoms with Gasteiger partial charge in [-0.15, -0.1) is 0 Å². The molecule has 2 aromatic carbocycles. The first-order chi connectivity index (χ1) is 11.2. The van der Waals surface area contributed by atoms with Crippen LogP contribution in [0.25, 0.3) is 0 Å². The van der Waals surface area contributed by atoms with Crippen LogP contribution in [0, 0.1) is 6.92 Å². The number of alkyl halides is 2. The molecule has 0 aliphatic rings. The molecule has 130 valence electrons. The van der Waals surface area contributed by atoms with E-state index in [9.17, 15) is 8.42 Å². The molecule has 0 saturated heterocycles. The Labute approximate surface area is 165 Å². The zero-order valence-electron chi connectivity index (χ0n) is 13.3. The van der Waals surface area contributed by atoms with Crippen molar-refractivity contribution in [3.05, 3.63) is 64.7 Å². The van der Waals surface area contributed by atoms with Crippen molar-refractivity contribution in [2.75, 3.05) is 18.9 Å². The summed E-state index contributed by atoms with van der Waals surface area (Å²) < 4.78 is 26.6. The highest BCUT2D eigenvalue weighted by atomic mass is 79.9. The molecule has 0 aromatic heterocycles. The lowest BCUT2D eigenvalue weighted by Gasteiger charge is -2.30. The van der Waals surface area contributed by atoms with Crippen LogP contribution >= 0.6 is 43.5 Å². The molecule has 3 nitrogen and oxygen atoms in total. The molecule has 1 atom stereocenters. The molecule has 0 heterocycles. The molecule has 0 spiro atoms. The highest BCUT2D eigenvalue weighted by Gasteiger charge is 2.34. The number of sulfonamides is 1. The van der Waals surface area contributed by atoms with Crippen LogP contribution in [0.15, 0.2) is 53.4 Å². The van der Waals surface area contributed by atoms with Crippen LogP contribution in [-0.4, -0.2) is 31.6 Å². The van der Waals surface area contributed by atoms with Gasteiger partial charge in [-0.1, -0.05) is 73.8 Å². The summed E-state index contributed by atoms with van der Waals surface area (Å²) in [5, 5.41) is 1.12. The minimum atomic E-state index is -3.61. The van der Waals surface area contributed by atoms with Gasteiger partial charge in [0.1, 0.15) is 0 Å². The molecule has 0 amide bonds. The van der Waals surface area contributed by atoms with Gasteiger partial charge < -0.3 is 0 Å². The first kappa shape index (κ1) is 19.9. The van der Waals surface area contributed by atoms with Gasteiger partial charge >= 0.3 is 0 Å². The van der Waals surface area contributed by atoms with Crippen molar-refractivity contribution >= 4 is 53.5 Å². The van der Waals surface area contributed by atoms with E-state index in [0.29, 0.717) is 10.4 Å². The summed E-state index contributed by atoms with van der Waals surface area (Å²) in [4.78, 5) is 0.240. The Hall–Kier alpha value is -0.400. The predicted molar refractivity (Wildman–Crippen MR) is 107 cm³/mol. The Morgan fingerprint density at radius 3 is 2.33 bits per heavy atom. The Bertz CT molecular complexity index is 815. The van der Waals surface area contributed by atoms with Crippen LogP contribution < -0.4 is 0 Å². The second kappa shape index (κ2) is 7.87. The monoisotopic (exact) mass is 493 g/mol.